The predicted octanol–water partition coefficient (Wildman–Crippen LogP) is 2.65. The number of hydrogen-bond donors (Lipinski definition) is 1. The van der Waals surface area contributed by atoms with Crippen LogP contribution in [-0.2, 0) is 28.5 Å². The average Bonchev–Trinajstić information content (AvgIpc) is 2.94. The molecule has 0 saturated carbocycles. The SMILES string of the molecule is CCOC(=O)/C=C1\NC(C)(C)CC12C(OC)=CC(=C(C#N)C(=O)OCC)C=C2OC. The Morgan fingerprint density at radius 2 is 1.70 bits per heavy atom. The molecule has 162 valence electrons. The van der Waals surface area contributed by atoms with Crippen molar-refractivity contribution in [2.45, 2.75) is 39.7 Å². The number of allylic oxidation sites excluding steroid dienone is 3. The van der Waals surface area contributed by atoms with Crippen molar-refractivity contribution in [1.29, 1.82) is 5.26 Å². The van der Waals surface area contributed by atoms with Crippen molar-refractivity contribution >= 4 is 11.9 Å². The molecule has 8 nitrogen and oxygen atoms in total. The Labute approximate surface area is 176 Å². The first kappa shape index (κ1) is 23.1. The molecule has 1 spiro atoms. The molecule has 0 atom stereocenters. The molecule has 1 aliphatic heterocycles. The molecular weight excluding hydrogens is 388 g/mol. The maximum absolute atomic E-state index is 12.2. The molecule has 0 bridgehead atoms. The first-order chi connectivity index (χ1) is 14.2. The number of nitriles is 1. The third-order valence-corrected chi connectivity index (χ3v) is 4.92. The highest BCUT2D eigenvalue weighted by Gasteiger charge is 2.55. The topological polar surface area (TPSA) is 107 Å². The maximum Gasteiger partial charge on any atom is 0.349 e. The van der Waals surface area contributed by atoms with Gasteiger partial charge in [-0.15, -0.1) is 0 Å². The second kappa shape index (κ2) is 9.08. The summed E-state index contributed by atoms with van der Waals surface area (Å²) in [5.74, 6) is -0.352. The smallest absolute Gasteiger partial charge is 0.349 e. The molecule has 30 heavy (non-hydrogen) atoms. The van der Waals surface area contributed by atoms with E-state index < -0.39 is 22.9 Å². The summed E-state index contributed by atoms with van der Waals surface area (Å²) in [5, 5.41) is 12.9. The fourth-order valence-electron chi connectivity index (χ4n) is 3.91. The Bertz CT molecular complexity index is 862. The van der Waals surface area contributed by atoms with Crippen molar-refractivity contribution in [2.75, 3.05) is 27.4 Å². The Morgan fingerprint density at radius 3 is 2.17 bits per heavy atom. The van der Waals surface area contributed by atoms with Crippen LogP contribution in [0.25, 0.3) is 0 Å². The molecule has 0 aromatic heterocycles. The van der Waals surface area contributed by atoms with Crippen LogP contribution < -0.4 is 5.32 Å². The van der Waals surface area contributed by atoms with E-state index in [2.05, 4.69) is 5.32 Å². The summed E-state index contributed by atoms with van der Waals surface area (Å²) >= 11 is 0. The number of nitrogens with zero attached hydrogens (tertiary/aromatic N) is 1. The third kappa shape index (κ3) is 4.20. The highest BCUT2D eigenvalue weighted by Crippen LogP contribution is 2.55. The van der Waals surface area contributed by atoms with Gasteiger partial charge < -0.3 is 24.3 Å². The lowest BCUT2D eigenvalue weighted by atomic mass is 9.72. The van der Waals surface area contributed by atoms with E-state index in [4.69, 9.17) is 18.9 Å². The zero-order chi connectivity index (χ0) is 22.5. The number of methoxy groups -OCH3 is 2. The minimum absolute atomic E-state index is 0.146. The number of carbonyl (C=O) groups is 2. The van der Waals surface area contributed by atoms with Gasteiger partial charge in [0.05, 0.1) is 27.4 Å². The monoisotopic (exact) mass is 416 g/mol. The molecule has 1 fully saturated rings. The van der Waals surface area contributed by atoms with Crippen LogP contribution in [0.15, 0.2) is 46.6 Å². The summed E-state index contributed by atoms with van der Waals surface area (Å²) in [7, 11) is 2.99. The van der Waals surface area contributed by atoms with Crippen molar-refractivity contribution < 1.29 is 28.5 Å². The van der Waals surface area contributed by atoms with Crippen LogP contribution >= 0.6 is 0 Å². The second-order valence-corrected chi connectivity index (χ2v) is 7.49. The summed E-state index contributed by atoms with van der Waals surface area (Å²) in [5.41, 5.74) is -0.611. The van der Waals surface area contributed by atoms with Crippen LogP contribution in [0.5, 0.6) is 0 Å². The Hall–Kier alpha value is -3.21. The van der Waals surface area contributed by atoms with Gasteiger partial charge in [-0.05, 0) is 46.3 Å². The lowest BCUT2D eigenvalue weighted by molar-refractivity contribution is -0.138. The second-order valence-electron chi connectivity index (χ2n) is 7.49. The van der Waals surface area contributed by atoms with Crippen molar-refractivity contribution in [3.05, 3.63) is 46.6 Å². The van der Waals surface area contributed by atoms with Crippen LogP contribution in [0.1, 0.15) is 34.1 Å². The minimum Gasteiger partial charge on any atom is -0.500 e. The molecule has 1 heterocycles. The number of ether oxygens (including phenoxy) is 4. The van der Waals surface area contributed by atoms with Crippen molar-refractivity contribution in [3.63, 3.8) is 0 Å². The summed E-state index contributed by atoms with van der Waals surface area (Å²) in [4.78, 5) is 24.5. The molecular formula is C22H28N2O6. The third-order valence-electron chi connectivity index (χ3n) is 4.92. The van der Waals surface area contributed by atoms with Gasteiger partial charge in [0.1, 0.15) is 28.6 Å². The van der Waals surface area contributed by atoms with E-state index in [1.54, 1.807) is 26.0 Å². The van der Waals surface area contributed by atoms with Crippen molar-refractivity contribution in [1.82, 2.24) is 5.32 Å². The Morgan fingerprint density at radius 1 is 1.13 bits per heavy atom. The molecule has 1 saturated heterocycles. The van der Waals surface area contributed by atoms with Gasteiger partial charge >= 0.3 is 11.9 Å². The van der Waals surface area contributed by atoms with Gasteiger partial charge in [-0.25, -0.2) is 9.59 Å². The number of esters is 2. The molecule has 0 aromatic carbocycles. The zero-order valence-electron chi connectivity index (χ0n) is 18.3. The lowest BCUT2D eigenvalue weighted by Gasteiger charge is -2.36. The van der Waals surface area contributed by atoms with Gasteiger partial charge in [0.2, 0.25) is 0 Å². The van der Waals surface area contributed by atoms with E-state index in [9.17, 15) is 14.9 Å². The molecule has 1 N–H and O–H groups in total. The summed E-state index contributed by atoms with van der Waals surface area (Å²) in [6.07, 6.45) is 5.13. The summed E-state index contributed by atoms with van der Waals surface area (Å²) in [6, 6.07) is 1.90. The van der Waals surface area contributed by atoms with Gasteiger partial charge in [0, 0.05) is 22.9 Å². The van der Waals surface area contributed by atoms with Crippen molar-refractivity contribution in [2.24, 2.45) is 5.41 Å². The van der Waals surface area contributed by atoms with Gasteiger partial charge in [0.25, 0.3) is 0 Å². The van der Waals surface area contributed by atoms with E-state index in [0.29, 0.717) is 29.2 Å². The van der Waals surface area contributed by atoms with Crippen LogP contribution in [0.4, 0.5) is 0 Å². The van der Waals surface area contributed by atoms with E-state index in [-0.39, 0.29) is 18.8 Å². The number of nitrogens with one attached hydrogen (secondary N) is 1. The Kier molecular flexibility index (Phi) is 6.98. The van der Waals surface area contributed by atoms with E-state index in [1.165, 1.54) is 20.3 Å². The fourth-order valence-corrected chi connectivity index (χ4v) is 3.91. The van der Waals surface area contributed by atoms with Gasteiger partial charge in [-0.3, -0.25) is 0 Å². The molecule has 0 aromatic rings. The molecule has 1 aliphatic carbocycles. The zero-order valence-corrected chi connectivity index (χ0v) is 18.3. The summed E-state index contributed by atoms with van der Waals surface area (Å²) in [6.45, 7) is 7.77. The molecule has 2 aliphatic rings. The van der Waals surface area contributed by atoms with Crippen molar-refractivity contribution in [3.8, 4) is 6.07 Å². The predicted molar refractivity (Wildman–Crippen MR) is 108 cm³/mol. The number of hydrogen-bond acceptors (Lipinski definition) is 8. The molecule has 0 radical (unpaired) electrons. The van der Waals surface area contributed by atoms with E-state index in [0.717, 1.165) is 0 Å². The Balaban J connectivity index is 2.73. The standard InChI is InChI=1S/C22H28N2O6/c1-7-29-19(25)11-16-22(13-21(3,4)24-16)17(27-5)9-14(10-18(22)28-6)15(12-23)20(26)30-8-2/h9-11,24H,7-8,13H2,1-6H3/b15-14?,16-11-. The maximum atomic E-state index is 12.2. The minimum atomic E-state index is -0.932. The lowest BCUT2D eigenvalue weighted by Crippen LogP contribution is -2.32. The van der Waals surface area contributed by atoms with E-state index in [1.807, 2.05) is 19.9 Å². The van der Waals surface area contributed by atoms with Gasteiger partial charge in [-0.2, -0.15) is 5.26 Å². The fraction of sp³-hybridized carbons (Fsp3) is 0.500. The first-order valence-corrected chi connectivity index (χ1v) is 9.70. The highest BCUT2D eigenvalue weighted by molar-refractivity contribution is 5.95. The van der Waals surface area contributed by atoms with Crippen LogP contribution in [0.3, 0.4) is 0 Å². The number of rotatable bonds is 6. The highest BCUT2D eigenvalue weighted by atomic mass is 16.5. The average molecular weight is 416 g/mol. The van der Waals surface area contributed by atoms with Gasteiger partial charge in [0.15, 0.2) is 0 Å². The normalized spacial score (nSPS) is 23.1. The largest absolute Gasteiger partial charge is 0.500 e. The van der Waals surface area contributed by atoms with Crippen LogP contribution in [0.2, 0.25) is 0 Å². The molecule has 0 amide bonds. The number of carbonyl (C=O) groups excluding carboxylic acids is 2. The summed E-state index contributed by atoms with van der Waals surface area (Å²) < 4.78 is 21.5. The molecule has 0 unspecified atom stereocenters. The molecule has 2 rings (SSSR count). The van der Waals surface area contributed by atoms with Gasteiger partial charge in [-0.1, -0.05) is 0 Å². The quantitative estimate of drug-likeness (QED) is 0.400. The first-order valence-electron chi connectivity index (χ1n) is 9.70. The van der Waals surface area contributed by atoms with Crippen LogP contribution in [-0.4, -0.2) is 44.9 Å². The van der Waals surface area contributed by atoms with Crippen LogP contribution in [0, 0.1) is 16.7 Å². The van der Waals surface area contributed by atoms with E-state index >= 15 is 0 Å². The molecule has 8 heteroatoms.